The van der Waals surface area contributed by atoms with E-state index in [1.165, 1.54) is 6.92 Å². The van der Waals surface area contributed by atoms with Crippen molar-refractivity contribution in [3.8, 4) is 0 Å². The van der Waals surface area contributed by atoms with Crippen LogP contribution in [0.25, 0.3) is 0 Å². The summed E-state index contributed by atoms with van der Waals surface area (Å²) < 4.78 is 4.41. The average molecular weight is 231 g/mol. The van der Waals surface area contributed by atoms with Gasteiger partial charge in [-0.3, -0.25) is 14.4 Å². The van der Waals surface area contributed by atoms with Gasteiger partial charge in [-0.05, 0) is 6.92 Å². The first-order chi connectivity index (χ1) is 7.38. The molecule has 0 fully saturated rings. The van der Waals surface area contributed by atoms with Crippen LogP contribution in [0.2, 0.25) is 0 Å². The van der Waals surface area contributed by atoms with Gasteiger partial charge in [-0.25, -0.2) is 4.79 Å². The highest BCUT2D eigenvalue weighted by Crippen LogP contribution is 1.92. The van der Waals surface area contributed by atoms with Crippen LogP contribution in [-0.4, -0.2) is 48.3 Å². The minimum absolute atomic E-state index is 0.00551. The molecule has 0 aromatic rings. The van der Waals surface area contributed by atoms with Gasteiger partial charge in [0, 0.05) is 0 Å². The quantitative estimate of drug-likeness (QED) is 0.394. The fourth-order valence-electron chi connectivity index (χ4n) is 0.898. The van der Waals surface area contributed by atoms with Gasteiger partial charge in [0.15, 0.2) is 0 Å². The topological polar surface area (TPSA) is 133 Å². The largest absolute Gasteiger partial charge is 0.459 e. The second-order valence-corrected chi connectivity index (χ2v) is 2.81. The summed E-state index contributed by atoms with van der Waals surface area (Å²) in [6.45, 7) is 0.379. The molecule has 8 nitrogen and oxygen atoms in total. The first-order valence-electron chi connectivity index (χ1n) is 4.41. The van der Waals surface area contributed by atoms with Crippen LogP contribution in [0.4, 0.5) is 0 Å². The van der Waals surface area contributed by atoms with Gasteiger partial charge in [-0.1, -0.05) is 0 Å². The average Bonchev–Trinajstić information content (AvgIpc) is 2.14. The lowest BCUT2D eigenvalue weighted by Crippen LogP contribution is -2.46. The Morgan fingerprint density at radius 3 is 1.81 bits per heavy atom. The summed E-state index contributed by atoms with van der Waals surface area (Å²) in [6.07, 6.45) is 0. The van der Waals surface area contributed by atoms with Gasteiger partial charge in [0.2, 0.25) is 11.8 Å². The molecular weight excluding hydrogens is 218 g/mol. The number of primary amides is 2. The Kier molecular flexibility index (Phi) is 5.53. The summed E-state index contributed by atoms with van der Waals surface area (Å²) in [6, 6.07) is 0. The molecule has 3 amide bonds. The second kappa shape index (κ2) is 6.38. The molecule has 0 aliphatic carbocycles. The molecular formula is C8H13N3O5. The van der Waals surface area contributed by atoms with E-state index in [2.05, 4.69) is 4.74 Å². The highest BCUT2D eigenvalue weighted by Gasteiger charge is 2.25. The van der Waals surface area contributed by atoms with E-state index in [1.807, 2.05) is 0 Å². The van der Waals surface area contributed by atoms with E-state index in [0.29, 0.717) is 4.90 Å². The smallest absolute Gasteiger partial charge is 0.397 e. The third kappa shape index (κ3) is 4.94. The fraction of sp³-hybridized carbons (Fsp3) is 0.500. The van der Waals surface area contributed by atoms with Crippen LogP contribution >= 0.6 is 0 Å². The van der Waals surface area contributed by atoms with Gasteiger partial charge in [-0.2, -0.15) is 0 Å². The maximum absolute atomic E-state index is 11.3. The number of amides is 3. The highest BCUT2D eigenvalue weighted by atomic mass is 16.5. The normalized spacial score (nSPS) is 9.31. The van der Waals surface area contributed by atoms with Crippen LogP contribution in [0.1, 0.15) is 6.92 Å². The summed E-state index contributed by atoms with van der Waals surface area (Å²) in [7, 11) is 0. The van der Waals surface area contributed by atoms with E-state index in [0.717, 1.165) is 0 Å². The standard InChI is InChI=1S/C8H13N3O5/c1-2-16-8(15)7(14)11(3-5(9)12)4-6(10)13/h2-4H2,1H3,(H2,9,12)(H2,10,13). The molecule has 90 valence electrons. The van der Waals surface area contributed by atoms with E-state index in [-0.39, 0.29) is 6.61 Å². The predicted octanol–water partition coefficient (Wildman–Crippen LogP) is -2.65. The van der Waals surface area contributed by atoms with Crippen molar-refractivity contribution in [1.29, 1.82) is 0 Å². The highest BCUT2D eigenvalue weighted by molar-refractivity contribution is 6.33. The van der Waals surface area contributed by atoms with Gasteiger partial charge in [-0.15, -0.1) is 0 Å². The Labute approximate surface area is 91.5 Å². The molecule has 0 bridgehead atoms. The van der Waals surface area contributed by atoms with E-state index >= 15 is 0 Å². The van der Waals surface area contributed by atoms with Crippen LogP contribution in [0.15, 0.2) is 0 Å². The lowest BCUT2D eigenvalue weighted by Gasteiger charge is -2.17. The second-order valence-electron chi connectivity index (χ2n) is 2.81. The van der Waals surface area contributed by atoms with Crippen molar-refractivity contribution in [2.24, 2.45) is 11.5 Å². The van der Waals surface area contributed by atoms with E-state index in [1.54, 1.807) is 0 Å². The summed E-state index contributed by atoms with van der Waals surface area (Å²) >= 11 is 0. The Bertz CT molecular complexity index is 299. The molecule has 0 aliphatic rings. The summed E-state index contributed by atoms with van der Waals surface area (Å²) in [5, 5.41) is 0. The van der Waals surface area contributed by atoms with E-state index < -0.39 is 36.8 Å². The molecule has 0 radical (unpaired) electrons. The molecule has 0 heterocycles. The predicted molar refractivity (Wildman–Crippen MR) is 51.6 cm³/mol. The van der Waals surface area contributed by atoms with Crippen LogP contribution < -0.4 is 11.5 Å². The zero-order valence-corrected chi connectivity index (χ0v) is 8.76. The molecule has 0 saturated carbocycles. The minimum atomic E-state index is -1.16. The number of nitrogens with zero attached hydrogens (tertiary/aromatic N) is 1. The number of nitrogens with two attached hydrogens (primary N) is 2. The maximum atomic E-state index is 11.3. The summed E-state index contributed by atoms with van der Waals surface area (Å²) in [5.41, 5.74) is 9.69. The van der Waals surface area contributed by atoms with Crippen LogP contribution in [0.5, 0.6) is 0 Å². The number of rotatable bonds is 5. The molecule has 4 N–H and O–H groups in total. The van der Waals surface area contributed by atoms with Crippen molar-refractivity contribution >= 4 is 23.7 Å². The molecule has 0 aliphatic heterocycles. The lowest BCUT2D eigenvalue weighted by atomic mass is 10.4. The number of hydrogen-bond donors (Lipinski definition) is 2. The van der Waals surface area contributed by atoms with Crippen LogP contribution in [0, 0.1) is 0 Å². The zero-order valence-electron chi connectivity index (χ0n) is 8.76. The van der Waals surface area contributed by atoms with Gasteiger partial charge in [0.05, 0.1) is 6.61 Å². The van der Waals surface area contributed by atoms with E-state index in [9.17, 15) is 19.2 Å². The number of ether oxygens (including phenoxy) is 1. The fourth-order valence-corrected chi connectivity index (χ4v) is 0.898. The molecule has 0 aromatic carbocycles. The molecule has 0 saturated heterocycles. The Morgan fingerprint density at radius 2 is 1.50 bits per heavy atom. The molecule has 0 unspecified atom stereocenters. The summed E-state index contributed by atoms with van der Waals surface area (Å²) in [5.74, 6) is -4.01. The third-order valence-electron chi connectivity index (χ3n) is 1.43. The number of carbonyl (C=O) groups is 4. The van der Waals surface area contributed by atoms with Crippen molar-refractivity contribution in [2.45, 2.75) is 6.92 Å². The monoisotopic (exact) mass is 231 g/mol. The molecule has 0 rings (SSSR count). The first kappa shape index (κ1) is 13.9. The van der Waals surface area contributed by atoms with Crippen molar-refractivity contribution in [1.82, 2.24) is 4.90 Å². The molecule has 0 atom stereocenters. The van der Waals surface area contributed by atoms with Crippen molar-refractivity contribution in [3.63, 3.8) is 0 Å². The SMILES string of the molecule is CCOC(=O)C(=O)N(CC(N)=O)CC(N)=O. The number of esters is 1. The molecule has 0 spiro atoms. The Morgan fingerprint density at radius 1 is 1.06 bits per heavy atom. The molecule has 0 aromatic heterocycles. The Hall–Kier alpha value is -2.12. The lowest BCUT2D eigenvalue weighted by molar-refractivity contribution is -0.160. The van der Waals surface area contributed by atoms with Crippen LogP contribution in [-0.2, 0) is 23.9 Å². The Balaban J connectivity index is 4.60. The zero-order chi connectivity index (χ0) is 12.7. The van der Waals surface area contributed by atoms with Gasteiger partial charge in [0.1, 0.15) is 13.1 Å². The maximum Gasteiger partial charge on any atom is 0.397 e. The van der Waals surface area contributed by atoms with Crippen molar-refractivity contribution in [2.75, 3.05) is 19.7 Å². The van der Waals surface area contributed by atoms with Gasteiger partial charge in [0.25, 0.3) is 0 Å². The number of carbonyl (C=O) groups excluding carboxylic acids is 4. The van der Waals surface area contributed by atoms with E-state index in [4.69, 9.17) is 11.5 Å². The van der Waals surface area contributed by atoms with Gasteiger partial charge < -0.3 is 21.1 Å². The molecule has 8 heteroatoms. The minimum Gasteiger partial charge on any atom is -0.459 e. The number of hydrogen-bond acceptors (Lipinski definition) is 5. The van der Waals surface area contributed by atoms with Crippen LogP contribution in [0.3, 0.4) is 0 Å². The third-order valence-corrected chi connectivity index (χ3v) is 1.43. The molecule has 16 heavy (non-hydrogen) atoms. The van der Waals surface area contributed by atoms with Gasteiger partial charge >= 0.3 is 11.9 Å². The first-order valence-corrected chi connectivity index (χ1v) is 4.41. The van der Waals surface area contributed by atoms with Crippen molar-refractivity contribution in [3.05, 3.63) is 0 Å². The van der Waals surface area contributed by atoms with Crippen molar-refractivity contribution < 1.29 is 23.9 Å². The summed E-state index contributed by atoms with van der Waals surface area (Å²) in [4.78, 5) is 44.2.